The van der Waals surface area contributed by atoms with Crippen molar-refractivity contribution in [1.29, 1.82) is 0 Å². The van der Waals surface area contributed by atoms with E-state index in [2.05, 4.69) is 5.32 Å². The molecule has 2 aromatic carbocycles. The minimum Gasteiger partial charge on any atom is -0.380 e. The molecule has 0 spiro atoms. The van der Waals surface area contributed by atoms with Crippen molar-refractivity contribution < 1.29 is 17.9 Å². The number of carbonyl (C=O) groups excluding carboxylic acids is 1. The first kappa shape index (κ1) is 20.5. The van der Waals surface area contributed by atoms with Crippen LogP contribution < -0.4 is 5.32 Å². The second-order valence-electron chi connectivity index (χ2n) is 6.93. The van der Waals surface area contributed by atoms with Gasteiger partial charge in [0.2, 0.25) is 10.0 Å². The highest BCUT2D eigenvalue weighted by Crippen LogP contribution is 2.23. The maximum Gasteiger partial charge on any atom is 0.255 e. The molecule has 150 valence electrons. The fourth-order valence-corrected chi connectivity index (χ4v) is 4.85. The first-order chi connectivity index (χ1) is 13.5. The summed E-state index contributed by atoms with van der Waals surface area (Å²) >= 11 is 0. The van der Waals surface area contributed by atoms with Crippen LogP contribution in [0.25, 0.3) is 0 Å². The van der Waals surface area contributed by atoms with Gasteiger partial charge in [-0.05, 0) is 48.7 Å². The van der Waals surface area contributed by atoms with E-state index in [0.717, 1.165) is 31.2 Å². The van der Waals surface area contributed by atoms with Crippen LogP contribution in [0.4, 0.5) is 5.69 Å². The molecule has 0 aromatic heterocycles. The Labute approximate surface area is 166 Å². The van der Waals surface area contributed by atoms with Crippen molar-refractivity contribution in [3.05, 3.63) is 59.7 Å². The van der Waals surface area contributed by atoms with E-state index in [1.165, 1.54) is 6.07 Å². The molecule has 28 heavy (non-hydrogen) atoms. The van der Waals surface area contributed by atoms with E-state index in [1.54, 1.807) is 41.7 Å². The van der Waals surface area contributed by atoms with Gasteiger partial charge < -0.3 is 10.1 Å². The van der Waals surface area contributed by atoms with Crippen LogP contribution >= 0.6 is 0 Å². The number of carbonyl (C=O) groups is 1. The third-order valence-electron chi connectivity index (χ3n) is 4.82. The number of methoxy groups -OCH3 is 1. The Morgan fingerprint density at radius 3 is 2.36 bits per heavy atom. The number of hydrogen-bond donors (Lipinski definition) is 1. The second kappa shape index (κ2) is 9.32. The van der Waals surface area contributed by atoms with Gasteiger partial charge in [0.25, 0.3) is 5.91 Å². The van der Waals surface area contributed by atoms with Crippen LogP contribution in [-0.2, 0) is 21.4 Å². The molecule has 0 saturated carbocycles. The molecular formula is C21H26N2O4S. The molecule has 7 heteroatoms. The lowest BCUT2D eigenvalue weighted by molar-refractivity contribution is 0.102. The lowest BCUT2D eigenvalue weighted by Gasteiger charge is -2.20. The van der Waals surface area contributed by atoms with E-state index in [-0.39, 0.29) is 10.8 Å². The quantitative estimate of drug-likeness (QED) is 0.800. The first-order valence-corrected chi connectivity index (χ1v) is 10.9. The first-order valence-electron chi connectivity index (χ1n) is 9.50. The van der Waals surface area contributed by atoms with Gasteiger partial charge in [0, 0.05) is 31.5 Å². The number of sulfonamides is 1. The highest BCUT2D eigenvalue weighted by molar-refractivity contribution is 7.89. The summed E-state index contributed by atoms with van der Waals surface area (Å²) in [4.78, 5) is 12.7. The molecular weight excluding hydrogens is 376 g/mol. The van der Waals surface area contributed by atoms with Crippen LogP contribution in [0.5, 0.6) is 0 Å². The lowest BCUT2D eigenvalue weighted by Crippen LogP contribution is -2.32. The Hall–Kier alpha value is -2.22. The van der Waals surface area contributed by atoms with Gasteiger partial charge in [-0.1, -0.05) is 31.0 Å². The summed E-state index contributed by atoms with van der Waals surface area (Å²) in [6, 6.07) is 13.6. The fraction of sp³-hybridized carbons (Fsp3) is 0.381. The largest absolute Gasteiger partial charge is 0.380 e. The number of amides is 1. The number of nitrogens with one attached hydrogen (secondary N) is 1. The second-order valence-corrected chi connectivity index (χ2v) is 8.87. The average molecular weight is 403 g/mol. The smallest absolute Gasteiger partial charge is 0.255 e. The molecule has 1 aliphatic rings. The van der Waals surface area contributed by atoms with Crippen LogP contribution in [0.15, 0.2) is 53.4 Å². The van der Waals surface area contributed by atoms with E-state index in [1.807, 2.05) is 12.1 Å². The summed E-state index contributed by atoms with van der Waals surface area (Å²) in [5, 5.41) is 2.78. The maximum absolute atomic E-state index is 12.9. The molecule has 1 saturated heterocycles. The molecule has 1 N–H and O–H groups in total. The molecule has 0 aliphatic carbocycles. The summed E-state index contributed by atoms with van der Waals surface area (Å²) in [5.41, 5.74) is 1.94. The SMILES string of the molecule is COCc1ccc(C(=O)Nc2cccc(S(=O)(=O)N3CCCCCC3)c2)cc1. The van der Waals surface area contributed by atoms with E-state index in [0.29, 0.717) is 30.9 Å². The topological polar surface area (TPSA) is 75.7 Å². The number of ether oxygens (including phenoxy) is 1. The number of rotatable bonds is 6. The Morgan fingerprint density at radius 2 is 1.71 bits per heavy atom. The highest BCUT2D eigenvalue weighted by atomic mass is 32.2. The van der Waals surface area contributed by atoms with Crippen LogP contribution in [0.1, 0.15) is 41.6 Å². The third-order valence-corrected chi connectivity index (χ3v) is 6.72. The van der Waals surface area contributed by atoms with Crippen molar-refractivity contribution in [3.63, 3.8) is 0 Å². The Kier molecular flexibility index (Phi) is 6.83. The number of hydrogen-bond acceptors (Lipinski definition) is 4. The van der Waals surface area contributed by atoms with E-state index < -0.39 is 10.0 Å². The standard InChI is InChI=1S/C21H26N2O4S/c1-27-16-17-9-11-18(12-10-17)21(24)22-19-7-6-8-20(15-19)28(25,26)23-13-4-2-3-5-14-23/h6-12,15H,2-5,13-14,16H2,1H3,(H,22,24). The van der Waals surface area contributed by atoms with Gasteiger partial charge in [-0.15, -0.1) is 0 Å². The van der Waals surface area contributed by atoms with E-state index in [9.17, 15) is 13.2 Å². The zero-order valence-electron chi connectivity index (χ0n) is 16.1. The van der Waals surface area contributed by atoms with Gasteiger partial charge in [-0.3, -0.25) is 4.79 Å². The summed E-state index contributed by atoms with van der Waals surface area (Å²) in [7, 11) is -1.93. The van der Waals surface area contributed by atoms with Crippen LogP contribution in [0.2, 0.25) is 0 Å². The van der Waals surface area contributed by atoms with Crippen molar-refractivity contribution in [3.8, 4) is 0 Å². The zero-order chi connectivity index (χ0) is 20.0. The minimum atomic E-state index is -3.55. The monoisotopic (exact) mass is 402 g/mol. The summed E-state index contributed by atoms with van der Waals surface area (Å²) in [6.07, 6.45) is 3.89. The molecule has 1 amide bonds. The lowest BCUT2D eigenvalue weighted by atomic mass is 10.1. The van der Waals surface area contributed by atoms with E-state index >= 15 is 0 Å². The molecule has 1 fully saturated rings. The van der Waals surface area contributed by atoms with Gasteiger partial charge in [0.1, 0.15) is 0 Å². The maximum atomic E-state index is 12.9. The van der Waals surface area contributed by atoms with Crippen LogP contribution in [0, 0.1) is 0 Å². The molecule has 3 rings (SSSR count). The van der Waals surface area contributed by atoms with Crippen LogP contribution in [-0.4, -0.2) is 38.8 Å². The molecule has 1 aliphatic heterocycles. The number of nitrogens with zero attached hydrogens (tertiary/aromatic N) is 1. The average Bonchev–Trinajstić information content (AvgIpc) is 2.99. The molecule has 6 nitrogen and oxygen atoms in total. The van der Waals surface area contributed by atoms with E-state index in [4.69, 9.17) is 4.74 Å². The molecule has 0 atom stereocenters. The van der Waals surface area contributed by atoms with Crippen molar-refractivity contribution in [2.45, 2.75) is 37.2 Å². The Morgan fingerprint density at radius 1 is 1.04 bits per heavy atom. The zero-order valence-corrected chi connectivity index (χ0v) is 16.9. The summed E-state index contributed by atoms with van der Waals surface area (Å²) in [6.45, 7) is 1.58. The Bertz CT molecular complexity index is 902. The third kappa shape index (κ3) is 4.98. The Balaban J connectivity index is 1.74. The molecule has 2 aromatic rings. The van der Waals surface area contributed by atoms with Crippen molar-refractivity contribution in [2.75, 3.05) is 25.5 Å². The normalized spacial score (nSPS) is 15.8. The summed E-state index contributed by atoms with van der Waals surface area (Å²) in [5.74, 6) is -0.284. The fourth-order valence-electron chi connectivity index (χ4n) is 3.29. The van der Waals surface area contributed by atoms with Crippen molar-refractivity contribution in [2.24, 2.45) is 0 Å². The van der Waals surface area contributed by atoms with Gasteiger partial charge in [0.15, 0.2) is 0 Å². The highest BCUT2D eigenvalue weighted by Gasteiger charge is 2.25. The summed E-state index contributed by atoms with van der Waals surface area (Å²) < 4.78 is 32.5. The number of benzene rings is 2. The minimum absolute atomic E-state index is 0.211. The predicted molar refractivity (Wildman–Crippen MR) is 109 cm³/mol. The predicted octanol–water partition coefficient (Wildman–Crippen LogP) is 3.65. The molecule has 0 radical (unpaired) electrons. The van der Waals surface area contributed by atoms with Gasteiger partial charge >= 0.3 is 0 Å². The van der Waals surface area contributed by atoms with Gasteiger partial charge in [-0.25, -0.2) is 8.42 Å². The van der Waals surface area contributed by atoms with Crippen molar-refractivity contribution >= 4 is 21.6 Å². The molecule has 0 unspecified atom stereocenters. The van der Waals surface area contributed by atoms with Gasteiger partial charge in [0.05, 0.1) is 11.5 Å². The number of anilines is 1. The molecule has 0 bridgehead atoms. The van der Waals surface area contributed by atoms with Crippen LogP contribution in [0.3, 0.4) is 0 Å². The van der Waals surface area contributed by atoms with Gasteiger partial charge in [-0.2, -0.15) is 4.31 Å². The molecule has 1 heterocycles. The van der Waals surface area contributed by atoms with Crippen molar-refractivity contribution in [1.82, 2.24) is 4.31 Å².